The van der Waals surface area contributed by atoms with Gasteiger partial charge in [-0.3, -0.25) is 0 Å². The van der Waals surface area contributed by atoms with Gasteiger partial charge < -0.3 is 25.5 Å². The lowest BCUT2D eigenvalue weighted by molar-refractivity contribution is 0.203. The molecule has 168 valence electrons. The van der Waals surface area contributed by atoms with E-state index in [1.807, 2.05) is 0 Å². The average Bonchev–Trinajstić information content (AvgIpc) is 2.79. The minimum atomic E-state index is 0.324. The van der Waals surface area contributed by atoms with E-state index in [2.05, 4.69) is 58.5 Å². The van der Waals surface area contributed by atoms with E-state index in [0.29, 0.717) is 25.1 Å². The number of likely N-dealkylation sites (tertiary alicyclic amines) is 1. The lowest BCUT2D eigenvalue weighted by Crippen LogP contribution is -2.48. The van der Waals surface area contributed by atoms with Gasteiger partial charge in [0.1, 0.15) is 0 Å². The first-order valence-corrected chi connectivity index (χ1v) is 11.9. The van der Waals surface area contributed by atoms with Crippen molar-refractivity contribution < 1.29 is 5.11 Å². The van der Waals surface area contributed by atoms with Crippen molar-refractivity contribution in [2.75, 3.05) is 50.8 Å². The third-order valence-corrected chi connectivity index (χ3v) is 6.41. The lowest BCUT2D eigenvalue weighted by atomic mass is 9.97. The van der Waals surface area contributed by atoms with Gasteiger partial charge in [0.25, 0.3) is 0 Å². The van der Waals surface area contributed by atoms with E-state index >= 15 is 0 Å². The molecule has 2 fully saturated rings. The molecule has 0 amide bonds. The minimum Gasteiger partial charge on any atom is -0.396 e. The molecule has 1 aromatic rings. The van der Waals surface area contributed by atoms with Gasteiger partial charge in [-0.15, -0.1) is 0 Å². The summed E-state index contributed by atoms with van der Waals surface area (Å²) in [4.78, 5) is 9.83. The summed E-state index contributed by atoms with van der Waals surface area (Å²) in [6.07, 6.45) is 5.77. The zero-order chi connectivity index (χ0) is 21.2. The van der Waals surface area contributed by atoms with Crippen molar-refractivity contribution in [1.82, 2.24) is 15.5 Å². The van der Waals surface area contributed by atoms with Crippen LogP contribution in [0.25, 0.3) is 0 Å². The quantitative estimate of drug-likeness (QED) is 0.450. The Balaban J connectivity index is 1.49. The molecule has 0 saturated carbocycles. The summed E-state index contributed by atoms with van der Waals surface area (Å²) in [6.45, 7) is 11.9. The number of nitrogens with one attached hydrogen (secondary N) is 2. The highest BCUT2D eigenvalue weighted by atomic mass is 16.3. The summed E-state index contributed by atoms with van der Waals surface area (Å²) in [5.41, 5.74) is 2.52. The Hall–Kier alpha value is -1.79. The highest BCUT2D eigenvalue weighted by molar-refractivity contribution is 5.80. The van der Waals surface area contributed by atoms with Gasteiger partial charge >= 0.3 is 0 Å². The number of piperidine rings is 2. The van der Waals surface area contributed by atoms with Crippen LogP contribution in [0.3, 0.4) is 0 Å². The van der Waals surface area contributed by atoms with Gasteiger partial charge in [0.05, 0.1) is 6.54 Å². The topological polar surface area (TPSA) is 63.1 Å². The Bertz CT molecular complexity index is 632. The van der Waals surface area contributed by atoms with Crippen molar-refractivity contribution >= 4 is 11.6 Å². The largest absolute Gasteiger partial charge is 0.396 e. The number of aliphatic hydroxyl groups is 1. The average molecular weight is 416 g/mol. The van der Waals surface area contributed by atoms with Gasteiger partial charge in [-0.05, 0) is 69.2 Å². The van der Waals surface area contributed by atoms with E-state index in [-0.39, 0.29) is 0 Å². The normalized spacial score (nSPS) is 19.8. The van der Waals surface area contributed by atoms with Crippen molar-refractivity contribution in [2.45, 2.75) is 58.5 Å². The first kappa shape index (κ1) is 22.9. The summed E-state index contributed by atoms with van der Waals surface area (Å²) in [5.74, 6) is 1.41. The molecule has 0 spiro atoms. The second-order valence-electron chi connectivity index (χ2n) is 8.73. The number of benzene rings is 1. The third-order valence-electron chi connectivity index (χ3n) is 6.41. The van der Waals surface area contributed by atoms with Crippen molar-refractivity contribution in [2.24, 2.45) is 10.9 Å². The van der Waals surface area contributed by atoms with Gasteiger partial charge in [0.15, 0.2) is 5.96 Å². The molecule has 2 saturated heterocycles. The first-order chi connectivity index (χ1) is 14.7. The zero-order valence-electron chi connectivity index (χ0n) is 18.9. The maximum absolute atomic E-state index is 9.32. The van der Waals surface area contributed by atoms with Crippen molar-refractivity contribution in [1.29, 1.82) is 0 Å². The van der Waals surface area contributed by atoms with E-state index in [4.69, 9.17) is 4.99 Å². The lowest BCUT2D eigenvalue weighted by Gasteiger charge is -2.33. The molecule has 6 nitrogen and oxygen atoms in total. The number of aliphatic hydroxyl groups excluding tert-OH is 1. The van der Waals surface area contributed by atoms with E-state index < -0.39 is 0 Å². The summed E-state index contributed by atoms with van der Waals surface area (Å²) >= 11 is 0. The minimum absolute atomic E-state index is 0.324. The van der Waals surface area contributed by atoms with Crippen LogP contribution < -0.4 is 15.5 Å². The van der Waals surface area contributed by atoms with Gasteiger partial charge in [-0.2, -0.15) is 0 Å². The number of hydrogen-bond acceptors (Lipinski definition) is 4. The van der Waals surface area contributed by atoms with Gasteiger partial charge in [-0.25, -0.2) is 4.99 Å². The van der Waals surface area contributed by atoms with E-state index in [1.54, 1.807) is 0 Å². The standard InChI is InChI=1S/C24H41N5O/c1-3-13-28-14-11-22(12-15-28)27-24(25-4-2)26-18-20-5-7-23(8-6-20)29-16-9-21(19-30)10-17-29/h5-8,21-22,30H,3-4,9-19H2,1-2H3,(H2,25,26,27). The van der Waals surface area contributed by atoms with Crippen LogP contribution in [0.1, 0.15) is 51.5 Å². The summed E-state index contributed by atoms with van der Waals surface area (Å²) in [6, 6.07) is 9.34. The molecule has 2 aliphatic heterocycles. The summed E-state index contributed by atoms with van der Waals surface area (Å²) in [7, 11) is 0. The summed E-state index contributed by atoms with van der Waals surface area (Å²) in [5, 5.41) is 16.4. The molecule has 0 unspecified atom stereocenters. The Morgan fingerprint density at radius 2 is 1.73 bits per heavy atom. The number of guanidine groups is 1. The molecule has 0 radical (unpaired) electrons. The predicted molar refractivity (Wildman–Crippen MR) is 126 cm³/mol. The van der Waals surface area contributed by atoms with Crippen LogP contribution in [0.15, 0.2) is 29.3 Å². The molecule has 3 rings (SSSR count). The smallest absolute Gasteiger partial charge is 0.191 e. The summed E-state index contributed by atoms with van der Waals surface area (Å²) < 4.78 is 0. The van der Waals surface area contributed by atoms with Crippen molar-refractivity contribution in [3.63, 3.8) is 0 Å². The van der Waals surface area contributed by atoms with Crippen molar-refractivity contribution in [3.8, 4) is 0 Å². The SMILES string of the molecule is CCCN1CCC(NC(=NCc2ccc(N3CCC(CO)CC3)cc2)NCC)CC1. The Morgan fingerprint density at radius 3 is 2.33 bits per heavy atom. The predicted octanol–water partition coefficient (Wildman–Crippen LogP) is 2.82. The highest BCUT2D eigenvalue weighted by Gasteiger charge is 2.20. The maximum atomic E-state index is 9.32. The Morgan fingerprint density at radius 1 is 1.03 bits per heavy atom. The second kappa shape index (κ2) is 12.2. The van der Waals surface area contributed by atoms with Crippen molar-refractivity contribution in [3.05, 3.63) is 29.8 Å². The van der Waals surface area contributed by atoms with E-state index in [0.717, 1.165) is 38.4 Å². The second-order valence-corrected chi connectivity index (χ2v) is 8.73. The molecule has 30 heavy (non-hydrogen) atoms. The number of hydrogen-bond donors (Lipinski definition) is 3. The van der Waals surface area contributed by atoms with Crippen LogP contribution in [-0.2, 0) is 6.54 Å². The van der Waals surface area contributed by atoms with Crippen LogP contribution in [0.5, 0.6) is 0 Å². The molecule has 1 aromatic carbocycles. The monoisotopic (exact) mass is 415 g/mol. The fourth-order valence-electron chi connectivity index (χ4n) is 4.49. The number of rotatable bonds is 8. The van der Waals surface area contributed by atoms with Crippen LogP contribution in [0.4, 0.5) is 5.69 Å². The van der Waals surface area contributed by atoms with E-state index in [9.17, 15) is 5.11 Å². The maximum Gasteiger partial charge on any atom is 0.191 e. The third kappa shape index (κ3) is 6.88. The number of nitrogens with zero attached hydrogens (tertiary/aromatic N) is 3. The number of anilines is 1. The molecule has 0 aromatic heterocycles. The number of aliphatic imine (C=N–C) groups is 1. The highest BCUT2D eigenvalue weighted by Crippen LogP contribution is 2.23. The zero-order valence-corrected chi connectivity index (χ0v) is 18.9. The molecule has 0 bridgehead atoms. The Labute approximate surface area is 182 Å². The van der Waals surface area contributed by atoms with Crippen LogP contribution in [-0.4, -0.2) is 67.9 Å². The Kier molecular flexibility index (Phi) is 9.27. The molecular formula is C24H41N5O. The molecule has 0 aliphatic carbocycles. The molecule has 6 heteroatoms. The van der Waals surface area contributed by atoms with Gasteiger partial charge in [0, 0.05) is 51.1 Å². The van der Waals surface area contributed by atoms with Gasteiger partial charge in [-0.1, -0.05) is 19.1 Å². The first-order valence-electron chi connectivity index (χ1n) is 11.9. The van der Waals surface area contributed by atoms with Crippen LogP contribution >= 0.6 is 0 Å². The molecule has 0 atom stereocenters. The molecule has 3 N–H and O–H groups in total. The molecule has 2 heterocycles. The van der Waals surface area contributed by atoms with E-state index in [1.165, 1.54) is 50.1 Å². The van der Waals surface area contributed by atoms with Crippen LogP contribution in [0.2, 0.25) is 0 Å². The fourth-order valence-corrected chi connectivity index (χ4v) is 4.49. The molecular weight excluding hydrogens is 374 g/mol. The van der Waals surface area contributed by atoms with Crippen LogP contribution in [0, 0.1) is 5.92 Å². The molecule has 2 aliphatic rings. The van der Waals surface area contributed by atoms with Gasteiger partial charge in [0.2, 0.25) is 0 Å². The fraction of sp³-hybridized carbons (Fsp3) is 0.708.